The zero-order valence-corrected chi connectivity index (χ0v) is 19.4. The molecule has 34 heavy (non-hydrogen) atoms. The SMILES string of the molecule is O=C(Cc1cn2c(C(=O)NCC3(c4ccc(O)cc4)CCCCC3)cccc2n1)NCC1CC1. The number of rotatable bonds is 8. The second-order valence-electron chi connectivity index (χ2n) is 9.87. The smallest absolute Gasteiger partial charge is 0.268 e. The van der Waals surface area contributed by atoms with Crippen molar-refractivity contribution >= 4 is 17.5 Å². The van der Waals surface area contributed by atoms with Crippen molar-refractivity contribution in [3.63, 3.8) is 0 Å². The molecule has 2 fully saturated rings. The first kappa shape index (κ1) is 22.4. The molecule has 2 amide bonds. The minimum atomic E-state index is -0.156. The van der Waals surface area contributed by atoms with Crippen LogP contribution in [0.3, 0.4) is 0 Å². The molecule has 0 radical (unpaired) electrons. The number of fused-ring (bicyclic) bond motifs is 1. The van der Waals surface area contributed by atoms with Gasteiger partial charge in [0.2, 0.25) is 5.91 Å². The number of benzene rings is 1. The first-order valence-corrected chi connectivity index (χ1v) is 12.3. The Morgan fingerprint density at radius 1 is 1.03 bits per heavy atom. The fourth-order valence-electron chi connectivity index (χ4n) is 5.09. The van der Waals surface area contributed by atoms with E-state index in [9.17, 15) is 14.7 Å². The molecule has 0 aliphatic heterocycles. The quantitative estimate of drug-likeness (QED) is 0.477. The Bertz CT molecular complexity index is 1170. The summed E-state index contributed by atoms with van der Waals surface area (Å²) in [5, 5.41) is 15.9. The molecule has 1 aromatic carbocycles. The van der Waals surface area contributed by atoms with Crippen LogP contribution in [0.5, 0.6) is 5.75 Å². The third-order valence-corrected chi connectivity index (χ3v) is 7.28. The summed E-state index contributed by atoms with van der Waals surface area (Å²) in [5.74, 6) is 0.697. The van der Waals surface area contributed by atoms with Gasteiger partial charge in [-0.05, 0) is 61.4 Å². The molecule has 2 aliphatic carbocycles. The molecule has 2 heterocycles. The predicted molar refractivity (Wildman–Crippen MR) is 130 cm³/mol. The van der Waals surface area contributed by atoms with Gasteiger partial charge < -0.3 is 15.7 Å². The average molecular weight is 461 g/mol. The number of amides is 2. The second kappa shape index (κ2) is 9.49. The summed E-state index contributed by atoms with van der Waals surface area (Å²) in [7, 11) is 0. The Kier molecular flexibility index (Phi) is 6.26. The molecule has 3 aromatic rings. The topological polar surface area (TPSA) is 95.7 Å². The number of aromatic hydroxyl groups is 1. The minimum absolute atomic E-state index is 0.0329. The van der Waals surface area contributed by atoms with E-state index in [1.165, 1.54) is 19.3 Å². The lowest BCUT2D eigenvalue weighted by atomic mass is 9.69. The third-order valence-electron chi connectivity index (χ3n) is 7.28. The van der Waals surface area contributed by atoms with E-state index in [4.69, 9.17) is 0 Å². The van der Waals surface area contributed by atoms with Crippen LogP contribution < -0.4 is 10.6 Å². The summed E-state index contributed by atoms with van der Waals surface area (Å²) in [6.07, 6.45) is 9.86. The Labute approximate surface area is 199 Å². The molecule has 0 atom stereocenters. The van der Waals surface area contributed by atoms with E-state index < -0.39 is 0 Å². The summed E-state index contributed by atoms with van der Waals surface area (Å²) < 4.78 is 1.77. The zero-order valence-electron chi connectivity index (χ0n) is 19.4. The minimum Gasteiger partial charge on any atom is -0.508 e. The van der Waals surface area contributed by atoms with Gasteiger partial charge in [-0.25, -0.2) is 4.98 Å². The fraction of sp³-hybridized carbons (Fsp3) is 0.444. The number of carbonyl (C=O) groups excluding carboxylic acids is 2. The van der Waals surface area contributed by atoms with Crippen LogP contribution in [-0.4, -0.2) is 39.4 Å². The lowest BCUT2D eigenvalue weighted by molar-refractivity contribution is -0.120. The Morgan fingerprint density at radius 2 is 1.79 bits per heavy atom. The van der Waals surface area contributed by atoms with E-state index >= 15 is 0 Å². The van der Waals surface area contributed by atoms with Gasteiger partial charge in [-0.3, -0.25) is 14.0 Å². The van der Waals surface area contributed by atoms with Crippen LogP contribution in [0.1, 0.15) is 66.7 Å². The van der Waals surface area contributed by atoms with Crippen LogP contribution in [0.15, 0.2) is 48.7 Å². The van der Waals surface area contributed by atoms with Gasteiger partial charge in [0, 0.05) is 24.7 Å². The summed E-state index contributed by atoms with van der Waals surface area (Å²) in [6.45, 7) is 1.28. The van der Waals surface area contributed by atoms with Crippen molar-refractivity contribution in [1.29, 1.82) is 0 Å². The fourth-order valence-corrected chi connectivity index (χ4v) is 5.09. The van der Waals surface area contributed by atoms with Crippen LogP contribution in [0.25, 0.3) is 5.65 Å². The Hall–Kier alpha value is -3.35. The Balaban J connectivity index is 1.30. The van der Waals surface area contributed by atoms with Crippen LogP contribution >= 0.6 is 0 Å². The van der Waals surface area contributed by atoms with E-state index in [2.05, 4.69) is 15.6 Å². The van der Waals surface area contributed by atoms with Crippen LogP contribution in [0, 0.1) is 5.92 Å². The van der Waals surface area contributed by atoms with Crippen molar-refractivity contribution in [2.24, 2.45) is 5.92 Å². The van der Waals surface area contributed by atoms with Gasteiger partial charge in [-0.1, -0.05) is 37.5 Å². The molecule has 2 aromatic heterocycles. The number of phenolic OH excluding ortho intramolecular Hbond substituents is 1. The number of hydrogen-bond acceptors (Lipinski definition) is 4. The van der Waals surface area contributed by atoms with Crippen molar-refractivity contribution < 1.29 is 14.7 Å². The number of imidazole rings is 1. The average Bonchev–Trinajstić information content (AvgIpc) is 3.59. The van der Waals surface area contributed by atoms with Crippen LogP contribution in [0.4, 0.5) is 0 Å². The predicted octanol–water partition coefficient (Wildman–Crippen LogP) is 3.74. The molecule has 5 rings (SSSR count). The van der Waals surface area contributed by atoms with Crippen molar-refractivity contribution in [3.8, 4) is 5.75 Å². The highest BCUT2D eigenvalue weighted by Gasteiger charge is 2.34. The monoisotopic (exact) mass is 460 g/mol. The summed E-state index contributed by atoms with van der Waals surface area (Å²) in [5.41, 5.74) is 2.84. The van der Waals surface area contributed by atoms with Gasteiger partial charge in [0.15, 0.2) is 0 Å². The lowest BCUT2D eigenvalue weighted by Gasteiger charge is -2.38. The highest BCUT2D eigenvalue weighted by molar-refractivity contribution is 5.93. The maximum atomic E-state index is 13.3. The molecule has 7 nitrogen and oxygen atoms in total. The molecular formula is C27H32N4O3. The van der Waals surface area contributed by atoms with Crippen LogP contribution in [0.2, 0.25) is 0 Å². The maximum Gasteiger partial charge on any atom is 0.268 e. The normalized spacial score (nSPS) is 17.4. The number of nitrogens with one attached hydrogen (secondary N) is 2. The van der Waals surface area contributed by atoms with Gasteiger partial charge >= 0.3 is 0 Å². The second-order valence-corrected chi connectivity index (χ2v) is 9.87. The number of nitrogens with zero attached hydrogens (tertiary/aromatic N) is 2. The molecule has 3 N–H and O–H groups in total. The number of pyridine rings is 1. The van der Waals surface area contributed by atoms with Gasteiger partial charge in [0.25, 0.3) is 5.91 Å². The molecule has 0 saturated heterocycles. The largest absolute Gasteiger partial charge is 0.508 e. The van der Waals surface area contributed by atoms with Crippen molar-refractivity contribution in [1.82, 2.24) is 20.0 Å². The molecule has 178 valence electrons. The van der Waals surface area contributed by atoms with Crippen molar-refractivity contribution in [3.05, 3.63) is 65.6 Å². The molecule has 2 aliphatic rings. The molecule has 0 bridgehead atoms. The van der Waals surface area contributed by atoms with E-state index in [-0.39, 0.29) is 29.4 Å². The molecule has 7 heteroatoms. The van der Waals surface area contributed by atoms with Crippen molar-refractivity contribution in [2.45, 2.75) is 56.8 Å². The summed E-state index contributed by atoms with van der Waals surface area (Å²) in [6, 6.07) is 12.9. The van der Waals surface area contributed by atoms with E-state index in [1.54, 1.807) is 28.8 Å². The van der Waals surface area contributed by atoms with Gasteiger partial charge in [0.1, 0.15) is 17.1 Å². The Morgan fingerprint density at radius 3 is 2.53 bits per heavy atom. The molecule has 2 saturated carbocycles. The highest BCUT2D eigenvalue weighted by Crippen LogP contribution is 2.39. The summed E-state index contributed by atoms with van der Waals surface area (Å²) >= 11 is 0. The van der Waals surface area contributed by atoms with E-state index in [0.29, 0.717) is 29.5 Å². The maximum absolute atomic E-state index is 13.3. The highest BCUT2D eigenvalue weighted by atomic mass is 16.3. The van der Waals surface area contributed by atoms with Gasteiger partial charge in [-0.2, -0.15) is 0 Å². The van der Waals surface area contributed by atoms with Crippen molar-refractivity contribution in [2.75, 3.05) is 13.1 Å². The molecule has 0 spiro atoms. The molecule has 0 unspecified atom stereocenters. The number of hydrogen-bond donors (Lipinski definition) is 3. The third kappa shape index (κ3) is 4.93. The summed E-state index contributed by atoms with van der Waals surface area (Å²) in [4.78, 5) is 30.1. The first-order valence-electron chi connectivity index (χ1n) is 12.3. The van der Waals surface area contributed by atoms with E-state index in [1.807, 2.05) is 24.3 Å². The zero-order chi connectivity index (χ0) is 23.5. The van der Waals surface area contributed by atoms with E-state index in [0.717, 1.165) is 37.8 Å². The standard InChI is InChI=1S/C27H32N4O3/c32-22-11-9-20(10-12-22)27(13-2-1-3-14-27)18-29-26(34)23-5-4-6-24-30-21(17-31(23)24)15-25(33)28-16-19-7-8-19/h4-6,9-12,17,19,32H,1-3,7-8,13-16,18H2,(H,28,33)(H,29,34). The lowest BCUT2D eigenvalue weighted by Crippen LogP contribution is -2.42. The van der Waals surface area contributed by atoms with Gasteiger partial charge in [0.05, 0.1) is 12.1 Å². The number of phenols is 1. The molecular weight excluding hydrogens is 428 g/mol. The number of carbonyl (C=O) groups is 2. The van der Waals surface area contributed by atoms with Crippen LogP contribution in [-0.2, 0) is 16.6 Å². The first-order chi connectivity index (χ1) is 16.5. The number of aromatic nitrogens is 2. The van der Waals surface area contributed by atoms with Gasteiger partial charge in [-0.15, -0.1) is 0 Å².